The standard InChI is InChI=1S/C18H19FN2O3/c1-24-18(23)14-4-8-16(9-5-14)21-17(22)10-11-20-12-13-2-6-15(19)7-3-13/h2-9,20H,10-12H2,1H3,(H,21,22). The molecule has 0 aliphatic rings. The molecule has 5 nitrogen and oxygen atoms in total. The lowest BCUT2D eigenvalue weighted by molar-refractivity contribution is -0.116. The van der Waals surface area contributed by atoms with Crippen LogP contribution in [0.3, 0.4) is 0 Å². The van der Waals surface area contributed by atoms with Crippen LogP contribution >= 0.6 is 0 Å². The van der Waals surface area contributed by atoms with E-state index in [1.807, 2.05) is 0 Å². The topological polar surface area (TPSA) is 67.4 Å². The molecule has 2 rings (SSSR count). The summed E-state index contributed by atoms with van der Waals surface area (Å²) in [7, 11) is 1.32. The van der Waals surface area contributed by atoms with Gasteiger partial charge in [-0.25, -0.2) is 9.18 Å². The Balaban J connectivity index is 1.71. The van der Waals surface area contributed by atoms with E-state index in [4.69, 9.17) is 0 Å². The Kier molecular flexibility index (Phi) is 6.45. The molecule has 0 bridgehead atoms. The van der Waals surface area contributed by atoms with Crippen LogP contribution in [-0.2, 0) is 16.1 Å². The SMILES string of the molecule is COC(=O)c1ccc(NC(=O)CCNCc2ccc(F)cc2)cc1. The van der Waals surface area contributed by atoms with Crippen LogP contribution in [0.25, 0.3) is 0 Å². The fraction of sp³-hybridized carbons (Fsp3) is 0.222. The van der Waals surface area contributed by atoms with Crippen molar-refractivity contribution >= 4 is 17.6 Å². The second-order valence-corrected chi connectivity index (χ2v) is 5.17. The number of amides is 1. The Morgan fingerprint density at radius 2 is 1.71 bits per heavy atom. The van der Waals surface area contributed by atoms with Gasteiger partial charge in [0, 0.05) is 25.2 Å². The lowest BCUT2D eigenvalue weighted by atomic mass is 10.2. The average Bonchev–Trinajstić information content (AvgIpc) is 2.60. The monoisotopic (exact) mass is 330 g/mol. The van der Waals surface area contributed by atoms with Crippen molar-refractivity contribution < 1.29 is 18.7 Å². The molecule has 24 heavy (non-hydrogen) atoms. The number of hydrogen-bond donors (Lipinski definition) is 2. The van der Waals surface area contributed by atoms with Crippen molar-refractivity contribution in [1.29, 1.82) is 0 Å². The van der Waals surface area contributed by atoms with Crippen molar-refractivity contribution in [3.63, 3.8) is 0 Å². The number of ether oxygens (including phenoxy) is 1. The van der Waals surface area contributed by atoms with E-state index in [0.717, 1.165) is 5.56 Å². The highest BCUT2D eigenvalue weighted by molar-refractivity contribution is 5.93. The highest BCUT2D eigenvalue weighted by Crippen LogP contribution is 2.10. The zero-order chi connectivity index (χ0) is 17.4. The number of carbonyl (C=O) groups is 2. The first kappa shape index (κ1) is 17.6. The van der Waals surface area contributed by atoms with Gasteiger partial charge in [0.25, 0.3) is 0 Å². The minimum atomic E-state index is -0.419. The molecular weight excluding hydrogens is 311 g/mol. The third-order valence-electron chi connectivity index (χ3n) is 3.36. The largest absolute Gasteiger partial charge is 0.465 e. The number of rotatable bonds is 7. The summed E-state index contributed by atoms with van der Waals surface area (Å²) in [6, 6.07) is 12.7. The predicted octanol–water partition coefficient (Wildman–Crippen LogP) is 2.73. The van der Waals surface area contributed by atoms with Crippen molar-refractivity contribution in [2.24, 2.45) is 0 Å². The van der Waals surface area contributed by atoms with Gasteiger partial charge in [0.1, 0.15) is 5.82 Å². The smallest absolute Gasteiger partial charge is 0.337 e. The van der Waals surface area contributed by atoms with Gasteiger partial charge < -0.3 is 15.4 Å². The second kappa shape index (κ2) is 8.79. The molecule has 0 aromatic heterocycles. The van der Waals surface area contributed by atoms with Crippen LogP contribution < -0.4 is 10.6 Å². The van der Waals surface area contributed by atoms with Crippen LogP contribution in [0.4, 0.5) is 10.1 Å². The maximum Gasteiger partial charge on any atom is 0.337 e. The Morgan fingerprint density at radius 3 is 2.33 bits per heavy atom. The molecule has 0 atom stereocenters. The minimum absolute atomic E-state index is 0.132. The molecule has 0 fully saturated rings. The number of hydrogen-bond acceptors (Lipinski definition) is 4. The van der Waals surface area contributed by atoms with Gasteiger partial charge in [0.2, 0.25) is 5.91 Å². The molecular formula is C18H19FN2O3. The average molecular weight is 330 g/mol. The third kappa shape index (κ3) is 5.48. The Hall–Kier alpha value is -2.73. The van der Waals surface area contributed by atoms with Crippen LogP contribution in [0, 0.1) is 5.82 Å². The van der Waals surface area contributed by atoms with Crippen molar-refractivity contribution in [1.82, 2.24) is 5.32 Å². The van der Waals surface area contributed by atoms with Gasteiger partial charge in [-0.3, -0.25) is 4.79 Å². The molecule has 0 radical (unpaired) electrons. The van der Waals surface area contributed by atoms with Crippen molar-refractivity contribution in [2.45, 2.75) is 13.0 Å². The van der Waals surface area contributed by atoms with E-state index >= 15 is 0 Å². The summed E-state index contributed by atoms with van der Waals surface area (Å²) in [5.74, 6) is -0.818. The summed E-state index contributed by atoms with van der Waals surface area (Å²) in [5.41, 5.74) is 2.00. The minimum Gasteiger partial charge on any atom is -0.465 e. The van der Waals surface area contributed by atoms with Crippen molar-refractivity contribution in [3.05, 3.63) is 65.5 Å². The highest BCUT2D eigenvalue weighted by atomic mass is 19.1. The van der Waals surface area contributed by atoms with Crippen molar-refractivity contribution in [2.75, 3.05) is 19.0 Å². The van der Waals surface area contributed by atoms with E-state index in [-0.39, 0.29) is 11.7 Å². The predicted molar refractivity (Wildman–Crippen MR) is 89.1 cm³/mol. The molecule has 2 N–H and O–H groups in total. The molecule has 2 aromatic rings. The third-order valence-corrected chi connectivity index (χ3v) is 3.36. The molecule has 0 unspecified atom stereocenters. The molecule has 0 saturated carbocycles. The molecule has 1 amide bonds. The highest BCUT2D eigenvalue weighted by Gasteiger charge is 2.06. The molecule has 6 heteroatoms. The van der Waals surface area contributed by atoms with Crippen LogP contribution in [-0.4, -0.2) is 25.5 Å². The first-order valence-electron chi connectivity index (χ1n) is 7.52. The molecule has 0 spiro atoms. The van der Waals surface area contributed by atoms with Crippen LogP contribution in [0.1, 0.15) is 22.3 Å². The Labute approximate surface area is 139 Å². The second-order valence-electron chi connectivity index (χ2n) is 5.17. The first-order chi connectivity index (χ1) is 11.6. The summed E-state index contributed by atoms with van der Waals surface area (Å²) in [4.78, 5) is 23.2. The Bertz CT molecular complexity index is 684. The summed E-state index contributed by atoms with van der Waals surface area (Å²) in [5, 5.41) is 5.88. The summed E-state index contributed by atoms with van der Waals surface area (Å²) in [6.45, 7) is 1.07. The molecule has 0 saturated heterocycles. The summed E-state index contributed by atoms with van der Waals surface area (Å²) >= 11 is 0. The van der Waals surface area contributed by atoms with Gasteiger partial charge in [-0.05, 0) is 42.0 Å². The van der Waals surface area contributed by atoms with Gasteiger partial charge in [-0.1, -0.05) is 12.1 Å². The Morgan fingerprint density at radius 1 is 1.04 bits per heavy atom. The molecule has 126 valence electrons. The lowest BCUT2D eigenvalue weighted by Gasteiger charge is -2.07. The van der Waals surface area contributed by atoms with Gasteiger partial charge >= 0.3 is 5.97 Å². The van der Waals surface area contributed by atoms with Gasteiger partial charge in [-0.15, -0.1) is 0 Å². The number of anilines is 1. The fourth-order valence-electron chi connectivity index (χ4n) is 2.07. The van der Waals surface area contributed by atoms with Crippen LogP contribution in [0.15, 0.2) is 48.5 Å². The zero-order valence-corrected chi connectivity index (χ0v) is 13.3. The van der Waals surface area contributed by atoms with E-state index in [1.165, 1.54) is 19.2 Å². The van der Waals surface area contributed by atoms with E-state index in [9.17, 15) is 14.0 Å². The number of nitrogens with one attached hydrogen (secondary N) is 2. The van der Waals surface area contributed by atoms with Gasteiger partial charge in [0.15, 0.2) is 0 Å². The maximum atomic E-state index is 12.8. The van der Waals surface area contributed by atoms with Crippen molar-refractivity contribution in [3.8, 4) is 0 Å². The van der Waals surface area contributed by atoms with E-state index < -0.39 is 5.97 Å². The molecule has 0 aliphatic carbocycles. The van der Waals surface area contributed by atoms with Crippen LogP contribution in [0.5, 0.6) is 0 Å². The first-order valence-corrected chi connectivity index (χ1v) is 7.52. The number of benzene rings is 2. The van der Waals surface area contributed by atoms with Gasteiger partial charge in [-0.2, -0.15) is 0 Å². The zero-order valence-electron chi connectivity index (χ0n) is 13.3. The summed E-state index contributed by atoms with van der Waals surface area (Å²) in [6.07, 6.45) is 0.306. The quantitative estimate of drug-likeness (QED) is 0.605. The van der Waals surface area contributed by atoms with Gasteiger partial charge in [0.05, 0.1) is 12.7 Å². The molecule has 0 heterocycles. The maximum absolute atomic E-state index is 12.8. The van der Waals surface area contributed by atoms with E-state index in [0.29, 0.717) is 30.8 Å². The summed E-state index contributed by atoms with van der Waals surface area (Å²) < 4.78 is 17.4. The number of carbonyl (C=O) groups excluding carboxylic acids is 2. The van der Waals surface area contributed by atoms with E-state index in [2.05, 4.69) is 15.4 Å². The fourth-order valence-corrected chi connectivity index (χ4v) is 2.07. The number of halogens is 1. The van der Waals surface area contributed by atoms with Crippen LogP contribution in [0.2, 0.25) is 0 Å². The van der Waals surface area contributed by atoms with E-state index in [1.54, 1.807) is 36.4 Å². The number of esters is 1. The molecule has 2 aromatic carbocycles. The normalized spacial score (nSPS) is 10.2. The molecule has 0 aliphatic heterocycles. The lowest BCUT2D eigenvalue weighted by Crippen LogP contribution is -2.21. The number of methoxy groups -OCH3 is 1.